The van der Waals surface area contributed by atoms with Crippen molar-refractivity contribution in [3.05, 3.63) is 113 Å². The van der Waals surface area contributed by atoms with Crippen molar-refractivity contribution in [2.45, 2.75) is 46.2 Å². The fourth-order valence-electron chi connectivity index (χ4n) is 5.21. The molecule has 2 unspecified atom stereocenters. The molecule has 0 bridgehead atoms. The van der Waals surface area contributed by atoms with E-state index in [2.05, 4.69) is 103 Å². The molecule has 1 saturated heterocycles. The number of hydrogen-bond acceptors (Lipinski definition) is 2. The molecule has 0 radical (unpaired) electrons. The number of para-hydroxylation sites is 1. The number of nitrogens with one attached hydrogen (secondary N) is 1. The van der Waals surface area contributed by atoms with E-state index in [1.807, 2.05) is 18.3 Å². The van der Waals surface area contributed by atoms with Crippen molar-refractivity contribution in [3.8, 4) is 5.69 Å². The molecule has 0 aliphatic carbocycles. The lowest BCUT2D eigenvalue weighted by Gasteiger charge is -2.28. The van der Waals surface area contributed by atoms with Crippen molar-refractivity contribution in [1.82, 2.24) is 14.9 Å². The largest absolute Gasteiger partial charge is 0.351 e. The van der Waals surface area contributed by atoms with Crippen LogP contribution in [-0.4, -0.2) is 14.7 Å². The van der Waals surface area contributed by atoms with Gasteiger partial charge in [-0.15, -0.1) is 0 Å². The van der Waals surface area contributed by atoms with Gasteiger partial charge in [-0.3, -0.25) is 4.98 Å². The molecule has 1 aliphatic rings. The summed E-state index contributed by atoms with van der Waals surface area (Å²) in [5.74, 6) is 0. The summed E-state index contributed by atoms with van der Waals surface area (Å²) in [6, 6.07) is 25.6. The molecule has 34 heavy (non-hydrogen) atoms. The Hall–Kier alpha value is -3.44. The molecular weight excluding hydrogens is 436 g/mol. The summed E-state index contributed by atoms with van der Waals surface area (Å²) in [5, 5.41) is 4.32. The molecule has 1 fully saturated rings. The normalized spacial score (nSPS) is 17.8. The van der Waals surface area contributed by atoms with E-state index < -0.39 is 0 Å². The third kappa shape index (κ3) is 3.80. The third-order valence-electron chi connectivity index (χ3n) is 6.78. The van der Waals surface area contributed by atoms with Gasteiger partial charge in [0.1, 0.15) is 0 Å². The fourth-order valence-corrected chi connectivity index (χ4v) is 5.56. The Morgan fingerprint density at radius 1 is 0.941 bits per heavy atom. The van der Waals surface area contributed by atoms with Gasteiger partial charge < -0.3 is 14.8 Å². The SMILES string of the molecule is CCc1ccccc1-n1c(C)cc(C2C(c3ccccn3)NC(=S)N2c2cccc(C)c2)c1C. The van der Waals surface area contributed by atoms with Crippen LogP contribution in [0.1, 0.15) is 52.8 Å². The van der Waals surface area contributed by atoms with Gasteiger partial charge in [-0.1, -0.05) is 43.3 Å². The highest BCUT2D eigenvalue weighted by atomic mass is 32.1. The van der Waals surface area contributed by atoms with Gasteiger partial charge >= 0.3 is 0 Å². The minimum atomic E-state index is -0.0513. The first-order valence-electron chi connectivity index (χ1n) is 11.8. The molecular formula is C29H30N4S. The van der Waals surface area contributed by atoms with E-state index in [1.165, 1.54) is 33.8 Å². The fraction of sp³-hybridized carbons (Fsp3) is 0.241. The van der Waals surface area contributed by atoms with E-state index in [0.717, 1.165) is 22.9 Å². The number of aryl methyl sites for hydroxylation is 3. The smallest absolute Gasteiger partial charge is 0.174 e. The highest BCUT2D eigenvalue weighted by Crippen LogP contribution is 2.44. The lowest BCUT2D eigenvalue weighted by atomic mass is 9.96. The maximum Gasteiger partial charge on any atom is 0.174 e. The second-order valence-electron chi connectivity index (χ2n) is 8.98. The Morgan fingerprint density at radius 3 is 2.47 bits per heavy atom. The Morgan fingerprint density at radius 2 is 1.74 bits per heavy atom. The van der Waals surface area contributed by atoms with Gasteiger partial charge in [0.05, 0.1) is 17.8 Å². The predicted molar refractivity (Wildman–Crippen MR) is 144 cm³/mol. The van der Waals surface area contributed by atoms with Crippen LogP contribution in [0.15, 0.2) is 79.0 Å². The molecule has 2 aromatic carbocycles. The van der Waals surface area contributed by atoms with Crippen LogP contribution in [0.4, 0.5) is 5.69 Å². The van der Waals surface area contributed by atoms with E-state index in [9.17, 15) is 0 Å². The van der Waals surface area contributed by atoms with E-state index in [1.54, 1.807) is 0 Å². The molecule has 1 N–H and O–H groups in total. The molecule has 0 amide bonds. The summed E-state index contributed by atoms with van der Waals surface area (Å²) in [7, 11) is 0. The summed E-state index contributed by atoms with van der Waals surface area (Å²) >= 11 is 5.92. The van der Waals surface area contributed by atoms with Crippen molar-refractivity contribution >= 4 is 23.0 Å². The van der Waals surface area contributed by atoms with Crippen LogP contribution in [0.25, 0.3) is 5.69 Å². The molecule has 0 saturated carbocycles. The van der Waals surface area contributed by atoms with Gasteiger partial charge in [0.2, 0.25) is 0 Å². The summed E-state index contributed by atoms with van der Waals surface area (Å²) in [6.45, 7) is 8.75. The average Bonchev–Trinajstić information content (AvgIpc) is 3.34. The van der Waals surface area contributed by atoms with E-state index >= 15 is 0 Å². The molecule has 172 valence electrons. The van der Waals surface area contributed by atoms with Crippen molar-refractivity contribution in [1.29, 1.82) is 0 Å². The van der Waals surface area contributed by atoms with Gasteiger partial charge in [0, 0.05) is 29.0 Å². The maximum absolute atomic E-state index is 5.92. The number of hydrogen-bond donors (Lipinski definition) is 1. The number of benzene rings is 2. The zero-order valence-electron chi connectivity index (χ0n) is 20.1. The standard InChI is InChI=1S/C29H30N4S/c1-5-22-12-6-7-15-26(22)32-20(3)18-24(21(32)4)28-27(25-14-8-9-16-30-25)31-29(34)33(28)23-13-10-11-19(2)17-23/h6-18,27-28H,5H2,1-4H3,(H,31,34). The zero-order valence-corrected chi connectivity index (χ0v) is 20.9. The van der Waals surface area contributed by atoms with Gasteiger partial charge in [-0.25, -0.2) is 0 Å². The van der Waals surface area contributed by atoms with Crippen molar-refractivity contribution in [2.75, 3.05) is 4.90 Å². The minimum absolute atomic E-state index is 0.0158. The summed E-state index contributed by atoms with van der Waals surface area (Å²) in [6.07, 6.45) is 2.84. The second kappa shape index (κ2) is 9.07. The Kier molecular flexibility index (Phi) is 5.96. The lowest BCUT2D eigenvalue weighted by molar-refractivity contribution is 0.565. The predicted octanol–water partition coefficient (Wildman–Crippen LogP) is 6.54. The van der Waals surface area contributed by atoms with Crippen molar-refractivity contribution in [3.63, 3.8) is 0 Å². The number of nitrogens with zero attached hydrogens (tertiary/aromatic N) is 3. The van der Waals surface area contributed by atoms with Crippen LogP contribution in [-0.2, 0) is 6.42 Å². The Labute approximate surface area is 207 Å². The highest BCUT2D eigenvalue weighted by Gasteiger charge is 2.42. The van der Waals surface area contributed by atoms with E-state index in [0.29, 0.717) is 0 Å². The maximum atomic E-state index is 5.92. The average molecular weight is 467 g/mol. The second-order valence-corrected chi connectivity index (χ2v) is 9.37. The highest BCUT2D eigenvalue weighted by molar-refractivity contribution is 7.80. The molecule has 5 heteroatoms. The van der Waals surface area contributed by atoms with Gasteiger partial charge in [0.25, 0.3) is 0 Å². The first-order chi connectivity index (χ1) is 16.5. The molecule has 4 aromatic rings. The molecule has 1 aliphatic heterocycles. The van der Waals surface area contributed by atoms with Crippen LogP contribution in [0.5, 0.6) is 0 Å². The van der Waals surface area contributed by atoms with Crippen molar-refractivity contribution in [2.24, 2.45) is 0 Å². The first kappa shape index (κ1) is 22.4. The van der Waals surface area contributed by atoms with Crippen LogP contribution in [0.3, 0.4) is 0 Å². The minimum Gasteiger partial charge on any atom is -0.351 e. The van der Waals surface area contributed by atoms with Crippen LogP contribution >= 0.6 is 12.2 Å². The zero-order chi connectivity index (χ0) is 23.8. The Bertz CT molecular complexity index is 1340. The molecule has 2 atom stereocenters. The topological polar surface area (TPSA) is 33.1 Å². The number of aromatic nitrogens is 2. The number of rotatable bonds is 5. The van der Waals surface area contributed by atoms with Crippen LogP contribution in [0, 0.1) is 20.8 Å². The summed E-state index contributed by atoms with van der Waals surface area (Å²) < 4.78 is 2.39. The van der Waals surface area contributed by atoms with E-state index in [-0.39, 0.29) is 12.1 Å². The molecule has 5 rings (SSSR count). The third-order valence-corrected chi connectivity index (χ3v) is 7.09. The number of pyridine rings is 1. The van der Waals surface area contributed by atoms with Gasteiger partial charge in [-0.2, -0.15) is 0 Å². The summed E-state index contributed by atoms with van der Waals surface area (Å²) in [4.78, 5) is 6.97. The van der Waals surface area contributed by atoms with Gasteiger partial charge in [0.15, 0.2) is 5.11 Å². The molecule has 3 heterocycles. The summed E-state index contributed by atoms with van der Waals surface area (Å²) in [5.41, 5.74) is 9.59. The molecule has 0 spiro atoms. The monoisotopic (exact) mass is 466 g/mol. The molecule has 4 nitrogen and oxygen atoms in total. The van der Waals surface area contributed by atoms with Crippen LogP contribution in [0.2, 0.25) is 0 Å². The van der Waals surface area contributed by atoms with E-state index in [4.69, 9.17) is 17.2 Å². The molecule has 2 aromatic heterocycles. The quantitative estimate of drug-likeness (QED) is 0.339. The number of anilines is 1. The van der Waals surface area contributed by atoms with Crippen molar-refractivity contribution < 1.29 is 0 Å². The Balaban J connectivity index is 1.70. The first-order valence-corrected chi connectivity index (χ1v) is 12.2. The van der Waals surface area contributed by atoms with Crippen LogP contribution < -0.4 is 10.2 Å². The lowest BCUT2D eigenvalue weighted by Crippen LogP contribution is -2.29. The number of thiocarbonyl (C=S) groups is 1. The van der Waals surface area contributed by atoms with Gasteiger partial charge in [-0.05, 0) is 92.5 Å².